The molecule has 0 spiro atoms. The Morgan fingerprint density at radius 1 is 1.53 bits per heavy atom. The molecule has 0 bridgehead atoms. The van der Waals surface area contributed by atoms with E-state index in [1.54, 1.807) is 25.1 Å². The fourth-order valence-electron chi connectivity index (χ4n) is 1.61. The number of oxazole rings is 1. The number of carboxylic acids is 1. The quantitative estimate of drug-likeness (QED) is 0.676. The van der Waals surface area contributed by atoms with Gasteiger partial charge in [0.2, 0.25) is 5.91 Å². The van der Waals surface area contributed by atoms with E-state index in [4.69, 9.17) is 15.3 Å². The Hall–Kier alpha value is -2.41. The van der Waals surface area contributed by atoms with Crippen molar-refractivity contribution in [2.75, 3.05) is 0 Å². The fraction of sp³-hybridized carbons (Fsp3) is 0.250. The van der Waals surface area contributed by atoms with Gasteiger partial charge in [-0.3, -0.25) is 4.79 Å². The van der Waals surface area contributed by atoms with Crippen molar-refractivity contribution >= 4 is 23.0 Å². The van der Waals surface area contributed by atoms with Crippen LogP contribution >= 0.6 is 0 Å². The van der Waals surface area contributed by atoms with E-state index in [0.717, 1.165) is 5.56 Å². The Balaban J connectivity index is 2.05. The highest BCUT2D eigenvalue weighted by Gasteiger charge is 2.20. The van der Waals surface area contributed by atoms with Crippen molar-refractivity contribution in [3.8, 4) is 0 Å². The van der Waals surface area contributed by atoms with E-state index in [9.17, 15) is 9.59 Å². The maximum atomic E-state index is 11.4. The van der Waals surface area contributed by atoms with Gasteiger partial charge < -0.3 is 20.6 Å². The molecule has 7 heteroatoms. The van der Waals surface area contributed by atoms with Crippen LogP contribution in [0.2, 0.25) is 0 Å². The number of aromatic nitrogens is 1. The van der Waals surface area contributed by atoms with E-state index < -0.39 is 17.9 Å². The van der Waals surface area contributed by atoms with Crippen molar-refractivity contribution in [3.05, 3.63) is 29.7 Å². The number of hydrogen-bond acceptors (Lipinski definition) is 5. The Morgan fingerprint density at radius 3 is 2.95 bits per heavy atom. The SMILES string of the molecule is Cc1nc2cc(CNC(=O)C(N)C(=O)O)ccc2o1. The minimum atomic E-state index is -1.56. The van der Waals surface area contributed by atoms with Crippen molar-refractivity contribution < 1.29 is 19.1 Å². The Morgan fingerprint density at radius 2 is 2.26 bits per heavy atom. The summed E-state index contributed by atoms with van der Waals surface area (Å²) in [6.45, 7) is 1.93. The van der Waals surface area contributed by atoms with Crippen molar-refractivity contribution in [3.63, 3.8) is 0 Å². The molecular weight excluding hydrogens is 250 g/mol. The summed E-state index contributed by atoms with van der Waals surface area (Å²) in [5.41, 5.74) is 7.31. The van der Waals surface area contributed by atoms with Crippen LogP contribution < -0.4 is 11.1 Å². The third-order valence-corrected chi connectivity index (χ3v) is 2.57. The molecule has 7 nitrogen and oxygen atoms in total. The zero-order valence-electron chi connectivity index (χ0n) is 10.2. The van der Waals surface area contributed by atoms with Gasteiger partial charge in [0, 0.05) is 13.5 Å². The molecule has 1 amide bonds. The normalized spacial score (nSPS) is 12.3. The standard InChI is InChI=1S/C12H13N3O4/c1-6-15-8-4-7(2-3-9(8)19-6)5-14-11(16)10(13)12(17)18/h2-4,10H,5,13H2,1H3,(H,14,16)(H,17,18). The number of carbonyl (C=O) groups is 2. The summed E-state index contributed by atoms with van der Waals surface area (Å²) in [5.74, 6) is -1.53. The fourth-order valence-corrected chi connectivity index (χ4v) is 1.61. The molecule has 0 aliphatic rings. The van der Waals surface area contributed by atoms with Crippen LogP contribution in [0.3, 0.4) is 0 Å². The van der Waals surface area contributed by atoms with Gasteiger partial charge in [0.15, 0.2) is 17.5 Å². The molecule has 0 saturated heterocycles. The summed E-state index contributed by atoms with van der Waals surface area (Å²) < 4.78 is 5.32. The van der Waals surface area contributed by atoms with E-state index in [-0.39, 0.29) is 6.54 Å². The molecule has 0 fully saturated rings. The number of nitrogens with one attached hydrogen (secondary N) is 1. The van der Waals surface area contributed by atoms with Crippen LogP contribution in [0.25, 0.3) is 11.1 Å². The second-order valence-corrected chi connectivity index (χ2v) is 4.07. The number of benzene rings is 1. The maximum Gasteiger partial charge on any atom is 0.330 e. The largest absolute Gasteiger partial charge is 0.480 e. The predicted octanol–water partition coefficient (Wildman–Crippen LogP) is 0.164. The summed E-state index contributed by atoms with van der Waals surface area (Å²) in [4.78, 5) is 26.1. The number of aryl methyl sites for hydroxylation is 1. The molecule has 1 heterocycles. The van der Waals surface area contributed by atoms with Crippen molar-refractivity contribution in [2.24, 2.45) is 5.73 Å². The average molecular weight is 263 g/mol. The minimum absolute atomic E-state index is 0.182. The lowest BCUT2D eigenvalue weighted by molar-refractivity contribution is -0.142. The van der Waals surface area contributed by atoms with Gasteiger partial charge in [0.1, 0.15) is 5.52 Å². The molecule has 0 aliphatic carbocycles. The van der Waals surface area contributed by atoms with E-state index >= 15 is 0 Å². The first-order valence-corrected chi connectivity index (χ1v) is 5.59. The van der Waals surface area contributed by atoms with Gasteiger partial charge in [-0.1, -0.05) is 6.07 Å². The molecule has 0 radical (unpaired) electrons. The molecule has 19 heavy (non-hydrogen) atoms. The average Bonchev–Trinajstić information content (AvgIpc) is 2.74. The molecule has 2 aromatic rings. The van der Waals surface area contributed by atoms with E-state index in [1.807, 2.05) is 0 Å². The number of carbonyl (C=O) groups excluding carboxylic acids is 1. The van der Waals surface area contributed by atoms with Gasteiger partial charge in [-0.2, -0.15) is 0 Å². The smallest absolute Gasteiger partial charge is 0.330 e. The third kappa shape index (κ3) is 2.89. The monoisotopic (exact) mass is 263 g/mol. The van der Waals surface area contributed by atoms with Gasteiger partial charge in [-0.05, 0) is 17.7 Å². The Labute approximate surface area is 108 Å². The van der Waals surface area contributed by atoms with Crippen LogP contribution in [0.4, 0.5) is 0 Å². The van der Waals surface area contributed by atoms with Crippen LogP contribution in [0, 0.1) is 6.92 Å². The predicted molar refractivity (Wildman–Crippen MR) is 66.2 cm³/mol. The molecule has 1 unspecified atom stereocenters. The highest BCUT2D eigenvalue weighted by atomic mass is 16.4. The summed E-state index contributed by atoms with van der Waals surface area (Å²) in [5, 5.41) is 11.0. The van der Waals surface area contributed by atoms with Crippen molar-refractivity contribution in [1.82, 2.24) is 10.3 Å². The molecule has 0 aliphatic heterocycles. The van der Waals surface area contributed by atoms with Gasteiger partial charge in [0.25, 0.3) is 0 Å². The van der Waals surface area contributed by atoms with Gasteiger partial charge >= 0.3 is 5.97 Å². The van der Waals surface area contributed by atoms with E-state index in [2.05, 4.69) is 10.3 Å². The topological polar surface area (TPSA) is 118 Å². The second-order valence-electron chi connectivity index (χ2n) is 4.07. The number of fused-ring (bicyclic) bond motifs is 1. The van der Waals surface area contributed by atoms with Crippen LogP contribution in [0.15, 0.2) is 22.6 Å². The van der Waals surface area contributed by atoms with E-state index in [0.29, 0.717) is 17.0 Å². The summed E-state index contributed by atoms with van der Waals surface area (Å²) in [7, 11) is 0. The van der Waals surface area contributed by atoms with Crippen LogP contribution in [0.5, 0.6) is 0 Å². The third-order valence-electron chi connectivity index (χ3n) is 2.57. The first-order chi connectivity index (χ1) is 8.97. The second kappa shape index (κ2) is 5.07. The van der Waals surface area contributed by atoms with E-state index in [1.165, 1.54) is 0 Å². The molecule has 2 rings (SSSR count). The molecule has 0 saturated carbocycles. The van der Waals surface area contributed by atoms with Crippen LogP contribution in [-0.4, -0.2) is 28.0 Å². The molecule has 1 aromatic heterocycles. The van der Waals surface area contributed by atoms with Gasteiger partial charge in [-0.25, -0.2) is 9.78 Å². The number of rotatable bonds is 4. The molecular formula is C12H13N3O4. The van der Waals surface area contributed by atoms with Gasteiger partial charge in [-0.15, -0.1) is 0 Å². The lowest BCUT2D eigenvalue weighted by Gasteiger charge is -2.08. The molecule has 100 valence electrons. The number of aliphatic carboxylic acids is 1. The van der Waals surface area contributed by atoms with Crippen molar-refractivity contribution in [2.45, 2.75) is 19.5 Å². The lowest BCUT2D eigenvalue weighted by atomic mass is 10.2. The zero-order valence-corrected chi connectivity index (χ0v) is 10.2. The number of nitrogens with two attached hydrogens (primary N) is 1. The zero-order chi connectivity index (χ0) is 14.0. The number of hydrogen-bond donors (Lipinski definition) is 3. The Bertz CT molecular complexity index is 635. The van der Waals surface area contributed by atoms with Crippen molar-refractivity contribution in [1.29, 1.82) is 0 Å². The number of amides is 1. The molecule has 4 N–H and O–H groups in total. The summed E-state index contributed by atoms with van der Waals surface area (Å²) in [6.07, 6.45) is 0. The first-order valence-electron chi connectivity index (χ1n) is 5.59. The van der Waals surface area contributed by atoms with Gasteiger partial charge in [0.05, 0.1) is 0 Å². The maximum absolute atomic E-state index is 11.4. The summed E-state index contributed by atoms with van der Waals surface area (Å²) >= 11 is 0. The first kappa shape index (κ1) is 13.0. The highest BCUT2D eigenvalue weighted by Crippen LogP contribution is 2.16. The highest BCUT2D eigenvalue weighted by molar-refractivity contribution is 6.00. The van der Waals surface area contributed by atoms with Crippen LogP contribution in [-0.2, 0) is 16.1 Å². The number of carboxylic acid groups (broad SMARTS) is 1. The summed E-state index contributed by atoms with van der Waals surface area (Å²) in [6, 6.07) is 3.71. The molecule has 1 atom stereocenters. The molecule has 1 aromatic carbocycles. The lowest BCUT2D eigenvalue weighted by Crippen LogP contribution is -2.45. The number of nitrogens with zero attached hydrogens (tertiary/aromatic N) is 1. The van der Waals surface area contributed by atoms with Crippen LogP contribution in [0.1, 0.15) is 11.5 Å². The Kier molecular flexibility index (Phi) is 3.48. The minimum Gasteiger partial charge on any atom is -0.480 e.